The van der Waals surface area contributed by atoms with Crippen molar-refractivity contribution in [3.63, 3.8) is 0 Å². The van der Waals surface area contributed by atoms with E-state index in [-0.39, 0.29) is 11.9 Å². The molecule has 1 atom stereocenters. The molecule has 92 valence electrons. The van der Waals surface area contributed by atoms with Crippen molar-refractivity contribution < 1.29 is 9.18 Å². The van der Waals surface area contributed by atoms with Gasteiger partial charge in [-0.05, 0) is 42.9 Å². The molecule has 1 aromatic rings. The molecule has 1 fully saturated rings. The summed E-state index contributed by atoms with van der Waals surface area (Å²) in [6.07, 6.45) is 5.15. The van der Waals surface area contributed by atoms with Gasteiger partial charge in [-0.2, -0.15) is 0 Å². The lowest BCUT2D eigenvalue weighted by molar-refractivity contribution is -0.110. The summed E-state index contributed by atoms with van der Waals surface area (Å²) in [4.78, 5) is 10.4. The smallest absolute Gasteiger partial charge is 0.207 e. The zero-order valence-corrected chi connectivity index (χ0v) is 10.1. The molecule has 1 aromatic carbocycles. The van der Waals surface area contributed by atoms with E-state index >= 15 is 0 Å². The van der Waals surface area contributed by atoms with Crippen LogP contribution >= 0.6 is 0 Å². The molecule has 0 aliphatic heterocycles. The second kappa shape index (κ2) is 5.30. The minimum atomic E-state index is -0.132. The maximum absolute atomic E-state index is 13.6. The summed E-state index contributed by atoms with van der Waals surface area (Å²) in [5, 5.41) is 2.68. The standard InChI is InChI=1S/C14H18FNO/c1-10(16-9-17)12-6-7-14(15)13(8-12)5-4-11-2-3-11/h6-11H,2-5H2,1H3,(H,16,17)/t10-/m1/s1. The average molecular weight is 235 g/mol. The van der Waals surface area contributed by atoms with Crippen LogP contribution in [0.5, 0.6) is 0 Å². The Labute approximate surface area is 101 Å². The molecule has 1 aliphatic carbocycles. The third-order valence-electron chi connectivity index (χ3n) is 3.41. The second-order valence-electron chi connectivity index (χ2n) is 4.84. The fourth-order valence-electron chi connectivity index (χ4n) is 2.02. The zero-order valence-electron chi connectivity index (χ0n) is 10.1. The van der Waals surface area contributed by atoms with E-state index in [9.17, 15) is 9.18 Å². The Morgan fingerprint density at radius 2 is 2.29 bits per heavy atom. The number of hydrogen-bond acceptors (Lipinski definition) is 1. The molecular weight excluding hydrogens is 217 g/mol. The molecule has 1 amide bonds. The first kappa shape index (κ1) is 12.1. The number of carbonyl (C=O) groups excluding carboxylic acids is 1. The molecule has 2 nitrogen and oxygen atoms in total. The molecule has 2 rings (SSSR count). The third kappa shape index (κ3) is 3.29. The van der Waals surface area contributed by atoms with Gasteiger partial charge < -0.3 is 5.32 Å². The lowest BCUT2D eigenvalue weighted by Crippen LogP contribution is -2.16. The Morgan fingerprint density at radius 1 is 1.53 bits per heavy atom. The van der Waals surface area contributed by atoms with Crippen LogP contribution in [0.2, 0.25) is 0 Å². The monoisotopic (exact) mass is 235 g/mol. The minimum absolute atomic E-state index is 0.0622. The van der Waals surface area contributed by atoms with Gasteiger partial charge in [-0.15, -0.1) is 0 Å². The predicted molar refractivity (Wildman–Crippen MR) is 65.1 cm³/mol. The van der Waals surface area contributed by atoms with Gasteiger partial charge in [0, 0.05) is 0 Å². The number of benzene rings is 1. The lowest BCUT2D eigenvalue weighted by Gasteiger charge is -2.12. The highest BCUT2D eigenvalue weighted by Crippen LogP contribution is 2.34. The predicted octanol–water partition coefficient (Wildman–Crippen LogP) is 2.98. The topological polar surface area (TPSA) is 29.1 Å². The van der Waals surface area contributed by atoms with Crippen LogP contribution in [-0.2, 0) is 11.2 Å². The fraction of sp³-hybridized carbons (Fsp3) is 0.500. The molecule has 0 heterocycles. The molecule has 0 radical (unpaired) electrons. The quantitative estimate of drug-likeness (QED) is 0.755. The highest BCUT2D eigenvalue weighted by molar-refractivity contribution is 5.47. The molecule has 3 heteroatoms. The number of carbonyl (C=O) groups is 1. The number of rotatable bonds is 6. The summed E-state index contributed by atoms with van der Waals surface area (Å²) in [5.74, 6) is 0.677. The van der Waals surface area contributed by atoms with E-state index in [2.05, 4.69) is 5.32 Å². The van der Waals surface area contributed by atoms with Crippen LogP contribution in [-0.4, -0.2) is 6.41 Å². The van der Waals surface area contributed by atoms with Gasteiger partial charge in [0.1, 0.15) is 5.82 Å². The van der Waals surface area contributed by atoms with Gasteiger partial charge >= 0.3 is 0 Å². The first-order valence-electron chi connectivity index (χ1n) is 6.18. The van der Waals surface area contributed by atoms with Crippen molar-refractivity contribution in [2.24, 2.45) is 5.92 Å². The van der Waals surface area contributed by atoms with Gasteiger partial charge in [0.05, 0.1) is 6.04 Å². The Bertz CT molecular complexity index is 401. The summed E-state index contributed by atoms with van der Waals surface area (Å²) in [6.45, 7) is 1.90. The highest BCUT2D eigenvalue weighted by Gasteiger charge is 2.21. The summed E-state index contributed by atoms with van der Waals surface area (Å²) in [7, 11) is 0. The molecule has 1 N–H and O–H groups in total. The van der Waals surface area contributed by atoms with E-state index in [1.165, 1.54) is 18.9 Å². The molecule has 0 spiro atoms. The SMILES string of the molecule is C[C@@H](NC=O)c1ccc(F)c(CCC2CC2)c1. The van der Waals surface area contributed by atoms with Crippen molar-refractivity contribution in [2.45, 2.75) is 38.6 Å². The van der Waals surface area contributed by atoms with Gasteiger partial charge in [-0.1, -0.05) is 25.0 Å². The largest absolute Gasteiger partial charge is 0.352 e. The van der Waals surface area contributed by atoms with Crippen molar-refractivity contribution in [1.29, 1.82) is 0 Å². The number of hydrogen-bond donors (Lipinski definition) is 1. The molecular formula is C14H18FNO. The van der Waals surface area contributed by atoms with Crippen molar-refractivity contribution >= 4 is 6.41 Å². The molecule has 0 saturated heterocycles. The maximum Gasteiger partial charge on any atom is 0.207 e. The Kier molecular flexibility index (Phi) is 3.77. The van der Waals surface area contributed by atoms with Crippen molar-refractivity contribution in [3.05, 3.63) is 35.1 Å². The van der Waals surface area contributed by atoms with Gasteiger partial charge in [-0.25, -0.2) is 4.39 Å². The summed E-state index contributed by atoms with van der Waals surface area (Å²) < 4.78 is 13.6. The number of halogens is 1. The molecule has 17 heavy (non-hydrogen) atoms. The van der Waals surface area contributed by atoms with Gasteiger partial charge in [0.2, 0.25) is 6.41 Å². The summed E-state index contributed by atoms with van der Waals surface area (Å²) >= 11 is 0. The zero-order chi connectivity index (χ0) is 12.3. The third-order valence-corrected chi connectivity index (χ3v) is 3.41. The lowest BCUT2D eigenvalue weighted by atomic mass is 10.0. The molecule has 0 aromatic heterocycles. The Hall–Kier alpha value is -1.38. The number of aryl methyl sites for hydroxylation is 1. The van der Waals surface area contributed by atoms with E-state index in [0.717, 1.165) is 29.9 Å². The molecule has 0 unspecified atom stereocenters. The average Bonchev–Trinajstić information content (AvgIpc) is 3.12. The van der Waals surface area contributed by atoms with Crippen LogP contribution in [0.25, 0.3) is 0 Å². The number of nitrogens with one attached hydrogen (secondary N) is 1. The van der Waals surface area contributed by atoms with Gasteiger partial charge in [0.25, 0.3) is 0 Å². The normalized spacial score (nSPS) is 16.6. The second-order valence-corrected chi connectivity index (χ2v) is 4.84. The summed E-state index contributed by atoms with van der Waals surface area (Å²) in [5.41, 5.74) is 1.73. The van der Waals surface area contributed by atoms with Crippen LogP contribution in [0, 0.1) is 11.7 Å². The van der Waals surface area contributed by atoms with Crippen molar-refractivity contribution in [3.8, 4) is 0 Å². The van der Waals surface area contributed by atoms with Crippen LogP contribution < -0.4 is 5.32 Å². The maximum atomic E-state index is 13.6. The van der Waals surface area contributed by atoms with E-state index in [4.69, 9.17) is 0 Å². The highest BCUT2D eigenvalue weighted by atomic mass is 19.1. The van der Waals surface area contributed by atoms with Gasteiger partial charge in [-0.3, -0.25) is 4.79 Å². The Balaban J connectivity index is 2.06. The minimum Gasteiger partial charge on any atom is -0.352 e. The van der Waals surface area contributed by atoms with E-state index in [1.54, 1.807) is 6.07 Å². The van der Waals surface area contributed by atoms with Crippen LogP contribution in [0.1, 0.15) is 43.4 Å². The van der Waals surface area contributed by atoms with Crippen molar-refractivity contribution in [2.75, 3.05) is 0 Å². The van der Waals surface area contributed by atoms with Crippen molar-refractivity contribution in [1.82, 2.24) is 5.32 Å². The molecule has 1 aliphatic rings. The first-order chi connectivity index (χ1) is 8.20. The van der Waals surface area contributed by atoms with Gasteiger partial charge in [0.15, 0.2) is 0 Å². The Morgan fingerprint density at radius 3 is 2.94 bits per heavy atom. The van der Waals surface area contributed by atoms with E-state index < -0.39 is 0 Å². The fourth-order valence-corrected chi connectivity index (χ4v) is 2.02. The first-order valence-corrected chi connectivity index (χ1v) is 6.18. The van der Waals surface area contributed by atoms with Crippen LogP contribution in [0.4, 0.5) is 4.39 Å². The summed E-state index contributed by atoms with van der Waals surface area (Å²) in [6, 6.07) is 5.05. The van der Waals surface area contributed by atoms with Crippen LogP contribution in [0.3, 0.4) is 0 Å². The van der Waals surface area contributed by atoms with Crippen LogP contribution in [0.15, 0.2) is 18.2 Å². The number of amides is 1. The van der Waals surface area contributed by atoms with E-state index in [1.807, 2.05) is 13.0 Å². The van der Waals surface area contributed by atoms with E-state index in [0.29, 0.717) is 6.41 Å². The molecule has 1 saturated carbocycles. The molecule has 0 bridgehead atoms.